The molecule has 0 atom stereocenters. The first kappa shape index (κ1) is 16.4. The van der Waals surface area contributed by atoms with Gasteiger partial charge in [0.05, 0.1) is 13.5 Å². The van der Waals surface area contributed by atoms with Crippen molar-refractivity contribution in [1.29, 1.82) is 0 Å². The molecule has 0 aliphatic heterocycles. The molecule has 3 aromatic rings. The normalized spacial score (nSPS) is 10.5. The van der Waals surface area contributed by atoms with Crippen molar-refractivity contribution in [3.8, 4) is 5.75 Å². The minimum atomic E-state index is -0.678. The Labute approximate surface area is 141 Å². The van der Waals surface area contributed by atoms with Gasteiger partial charge in [-0.05, 0) is 29.8 Å². The maximum absolute atomic E-state index is 12.8. The molecule has 0 bridgehead atoms. The smallest absolute Gasteiger partial charge is 0.309 e. The first-order chi connectivity index (χ1) is 12.1. The van der Waals surface area contributed by atoms with Gasteiger partial charge in [-0.2, -0.15) is 0 Å². The number of aromatic nitrogens is 1. The molecule has 2 N–H and O–H groups in total. The van der Waals surface area contributed by atoms with Gasteiger partial charge in [-0.1, -0.05) is 12.1 Å². The number of nitrogens with one attached hydrogen (secondary N) is 2. The Morgan fingerprint density at radius 3 is 2.68 bits per heavy atom. The topological polar surface area (TPSA) is 93.5 Å². The number of fused-ring (bicyclic) bond motifs is 1. The molecule has 8 heteroatoms. The van der Waals surface area contributed by atoms with Crippen molar-refractivity contribution >= 4 is 22.9 Å². The minimum absolute atomic E-state index is 0.0145. The molecule has 1 aromatic carbocycles. The third-order valence-electron chi connectivity index (χ3n) is 3.41. The molecule has 25 heavy (non-hydrogen) atoms. The molecule has 0 unspecified atom stereocenters. The molecule has 7 nitrogen and oxygen atoms in total. The summed E-state index contributed by atoms with van der Waals surface area (Å²) in [4.78, 5) is 28.2. The highest BCUT2D eigenvalue weighted by atomic mass is 19.1. The van der Waals surface area contributed by atoms with Crippen LogP contribution in [0.3, 0.4) is 0 Å². The molecule has 2 heterocycles. The van der Waals surface area contributed by atoms with Crippen molar-refractivity contribution in [3.63, 3.8) is 0 Å². The number of carbonyl (C=O) groups is 2. The van der Waals surface area contributed by atoms with Crippen LogP contribution in [0.25, 0.3) is 11.1 Å². The highest BCUT2D eigenvalue weighted by molar-refractivity contribution is 6.00. The van der Waals surface area contributed by atoms with E-state index in [2.05, 4.69) is 15.8 Å². The number of rotatable bonds is 4. The SMILES string of the molecule is COc1c(C(=O)NNC(=O)Cc2ccc(F)cc2)oc2cccnc12. The number of nitrogens with zero attached hydrogens (tertiary/aromatic N) is 1. The zero-order valence-corrected chi connectivity index (χ0v) is 13.2. The van der Waals surface area contributed by atoms with Crippen molar-refractivity contribution in [2.75, 3.05) is 7.11 Å². The predicted molar refractivity (Wildman–Crippen MR) is 86.3 cm³/mol. The number of hydrogen-bond acceptors (Lipinski definition) is 5. The van der Waals surface area contributed by atoms with Crippen LogP contribution in [0.5, 0.6) is 5.75 Å². The molecule has 2 aromatic heterocycles. The van der Waals surface area contributed by atoms with Crippen molar-refractivity contribution in [1.82, 2.24) is 15.8 Å². The fourth-order valence-electron chi connectivity index (χ4n) is 2.26. The zero-order chi connectivity index (χ0) is 17.8. The van der Waals surface area contributed by atoms with Crippen LogP contribution < -0.4 is 15.6 Å². The molecular formula is C17H14FN3O4. The number of ether oxygens (including phenoxy) is 1. The van der Waals surface area contributed by atoms with E-state index in [0.29, 0.717) is 16.7 Å². The van der Waals surface area contributed by atoms with Crippen LogP contribution in [0.15, 0.2) is 47.0 Å². The first-order valence-electron chi connectivity index (χ1n) is 7.33. The second kappa shape index (κ2) is 7.00. The van der Waals surface area contributed by atoms with Gasteiger partial charge in [0.1, 0.15) is 5.82 Å². The average Bonchev–Trinajstić information content (AvgIpc) is 3.00. The summed E-state index contributed by atoms with van der Waals surface area (Å²) >= 11 is 0. The number of carbonyl (C=O) groups excluding carboxylic acids is 2. The number of amides is 2. The van der Waals surface area contributed by atoms with E-state index in [1.807, 2.05) is 0 Å². The van der Waals surface area contributed by atoms with E-state index >= 15 is 0 Å². The third kappa shape index (κ3) is 3.57. The molecular weight excluding hydrogens is 329 g/mol. The first-order valence-corrected chi connectivity index (χ1v) is 7.33. The zero-order valence-electron chi connectivity index (χ0n) is 13.2. The maximum atomic E-state index is 12.8. The monoisotopic (exact) mass is 343 g/mol. The summed E-state index contributed by atoms with van der Waals surface area (Å²) in [6, 6.07) is 8.81. The summed E-state index contributed by atoms with van der Waals surface area (Å²) in [6.45, 7) is 0. The van der Waals surface area contributed by atoms with Gasteiger partial charge in [-0.25, -0.2) is 9.37 Å². The molecule has 0 saturated heterocycles. The Hall–Kier alpha value is -3.42. The van der Waals surface area contributed by atoms with Gasteiger partial charge < -0.3 is 9.15 Å². The summed E-state index contributed by atoms with van der Waals surface area (Å²) in [5.41, 5.74) is 5.93. The lowest BCUT2D eigenvalue weighted by molar-refractivity contribution is -0.121. The predicted octanol–water partition coefficient (Wildman–Crippen LogP) is 1.98. The molecule has 2 amide bonds. The standard InChI is InChI=1S/C17H14FN3O4/c1-24-15-14-12(3-2-8-19-14)25-16(15)17(23)21-20-13(22)9-10-4-6-11(18)7-5-10/h2-8H,9H2,1H3,(H,20,22)(H,21,23). The lowest BCUT2D eigenvalue weighted by Crippen LogP contribution is -2.42. The van der Waals surface area contributed by atoms with Crippen LogP contribution in [-0.4, -0.2) is 23.9 Å². The lowest BCUT2D eigenvalue weighted by Gasteiger charge is -2.07. The summed E-state index contributed by atoms with van der Waals surface area (Å²) in [5.74, 6) is -1.45. The molecule has 0 fully saturated rings. The summed E-state index contributed by atoms with van der Waals surface area (Å²) < 4.78 is 23.4. The number of pyridine rings is 1. The van der Waals surface area contributed by atoms with Crippen LogP contribution in [0.2, 0.25) is 0 Å². The molecule has 0 radical (unpaired) electrons. The Bertz CT molecular complexity index is 921. The van der Waals surface area contributed by atoms with E-state index in [-0.39, 0.29) is 23.7 Å². The number of hydrazine groups is 1. The second-order valence-corrected chi connectivity index (χ2v) is 5.12. The lowest BCUT2D eigenvalue weighted by atomic mass is 10.1. The number of benzene rings is 1. The van der Waals surface area contributed by atoms with Gasteiger partial charge in [0, 0.05) is 6.20 Å². The molecule has 0 aliphatic rings. The Kier molecular flexibility index (Phi) is 4.60. The van der Waals surface area contributed by atoms with Crippen LogP contribution in [0.1, 0.15) is 16.1 Å². The fourth-order valence-corrected chi connectivity index (χ4v) is 2.26. The van der Waals surface area contributed by atoms with Gasteiger partial charge in [-0.3, -0.25) is 20.4 Å². The molecule has 0 saturated carbocycles. The number of halogens is 1. The number of methoxy groups -OCH3 is 1. The average molecular weight is 343 g/mol. The van der Waals surface area contributed by atoms with Crippen LogP contribution in [0.4, 0.5) is 4.39 Å². The van der Waals surface area contributed by atoms with Crippen molar-refractivity contribution in [2.45, 2.75) is 6.42 Å². The Morgan fingerprint density at radius 2 is 1.96 bits per heavy atom. The fraction of sp³-hybridized carbons (Fsp3) is 0.118. The largest absolute Gasteiger partial charge is 0.491 e. The summed E-state index contributed by atoms with van der Waals surface area (Å²) in [5, 5.41) is 0. The van der Waals surface area contributed by atoms with Gasteiger partial charge in [0.2, 0.25) is 11.7 Å². The van der Waals surface area contributed by atoms with Gasteiger partial charge in [0.15, 0.2) is 16.8 Å². The number of hydrogen-bond donors (Lipinski definition) is 2. The van der Waals surface area contributed by atoms with E-state index < -0.39 is 11.8 Å². The highest BCUT2D eigenvalue weighted by Crippen LogP contribution is 2.30. The van der Waals surface area contributed by atoms with Crippen LogP contribution >= 0.6 is 0 Å². The van der Waals surface area contributed by atoms with Crippen LogP contribution in [-0.2, 0) is 11.2 Å². The van der Waals surface area contributed by atoms with Gasteiger partial charge in [0.25, 0.3) is 0 Å². The molecule has 128 valence electrons. The van der Waals surface area contributed by atoms with E-state index in [0.717, 1.165) is 0 Å². The second-order valence-electron chi connectivity index (χ2n) is 5.12. The molecule has 0 spiro atoms. The van der Waals surface area contributed by atoms with Crippen molar-refractivity contribution in [3.05, 3.63) is 59.7 Å². The van der Waals surface area contributed by atoms with Crippen molar-refractivity contribution in [2.24, 2.45) is 0 Å². The maximum Gasteiger partial charge on any atom is 0.309 e. The van der Waals surface area contributed by atoms with Gasteiger partial charge in [-0.15, -0.1) is 0 Å². The van der Waals surface area contributed by atoms with Crippen LogP contribution in [0, 0.1) is 5.82 Å². The van der Waals surface area contributed by atoms with E-state index in [1.54, 1.807) is 18.3 Å². The summed E-state index contributed by atoms with van der Waals surface area (Å²) in [7, 11) is 1.39. The Morgan fingerprint density at radius 1 is 1.20 bits per heavy atom. The quantitative estimate of drug-likeness (QED) is 0.707. The van der Waals surface area contributed by atoms with E-state index in [9.17, 15) is 14.0 Å². The van der Waals surface area contributed by atoms with E-state index in [1.165, 1.54) is 31.4 Å². The van der Waals surface area contributed by atoms with E-state index in [4.69, 9.17) is 9.15 Å². The number of furan rings is 1. The summed E-state index contributed by atoms with van der Waals surface area (Å²) in [6.07, 6.45) is 1.53. The van der Waals surface area contributed by atoms with Gasteiger partial charge >= 0.3 is 5.91 Å². The third-order valence-corrected chi connectivity index (χ3v) is 3.41. The molecule has 3 rings (SSSR count). The molecule has 0 aliphatic carbocycles. The minimum Gasteiger partial charge on any atom is -0.491 e. The van der Waals surface area contributed by atoms with Crippen molar-refractivity contribution < 1.29 is 23.1 Å². The highest BCUT2D eigenvalue weighted by Gasteiger charge is 2.22. The Balaban J connectivity index is 1.66.